The van der Waals surface area contributed by atoms with Gasteiger partial charge in [-0.3, -0.25) is 9.69 Å². The summed E-state index contributed by atoms with van der Waals surface area (Å²) >= 11 is 0. The van der Waals surface area contributed by atoms with Crippen molar-refractivity contribution in [3.63, 3.8) is 0 Å². The molecule has 0 aromatic heterocycles. The van der Waals surface area contributed by atoms with Crippen LogP contribution >= 0.6 is 0 Å². The number of amides is 1. The van der Waals surface area contributed by atoms with Crippen LogP contribution in [0.15, 0.2) is 61.2 Å². The van der Waals surface area contributed by atoms with Crippen molar-refractivity contribution < 1.29 is 24.2 Å². The van der Waals surface area contributed by atoms with E-state index < -0.39 is 24.3 Å². The lowest BCUT2D eigenvalue weighted by atomic mass is 9.98. The minimum absolute atomic E-state index is 0.0677. The van der Waals surface area contributed by atoms with Crippen LogP contribution < -0.4 is 0 Å². The second kappa shape index (κ2) is 10.4. The van der Waals surface area contributed by atoms with Crippen molar-refractivity contribution in [3.8, 4) is 11.1 Å². The van der Waals surface area contributed by atoms with Crippen LogP contribution in [0.25, 0.3) is 11.1 Å². The molecule has 0 saturated heterocycles. The van der Waals surface area contributed by atoms with E-state index in [0.717, 1.165) is 22.3 Å². The number of likely N-dealkylation sites (N-methyl/N-ethyl adjacent to an activating group) is 2. The smallest absolute Gasteiger partial charge is 0.409 e. The monoisotopic (exact) mass is 438 g/mol. The Hall–Kier alpha value is -3.16. The summed E-state index contributed by atoms with van der Waals surface area (Å²) in [5.74, 6) is -0.608. The van der Waals surface area contributed by atoms with Crippen molar-refractivity contribution in [2.75, 3.05) is 34.4 Å². The Balaban J connectivity index is 1.72. The lowest BCUT2D eigenvalue weighted by Gasteiger charge is -2.34. The minimum atomic E-state index is -1.07. The molecule has 170 valence electrons. The summed E-state index contributed by atoms with van der Waals surface area (Å²) in [5, 5.41) is 10.6. The van der Waals surface area contributed by atoms with E-state index in [-0.39, 0.29) is 25.6 Å². The zero-order valence-corrected chi connectivity index (χ0v) is 18.7. The summed E-state index contributed by atoms with van der Waals surface area (Å²) in [6, 6.07) is 15.3. The normalized spacial score (nSPS) is 14.3. The average molecular weight is 439 g/mol. The molecule has 1 unspecified atom stereocenters. The first-order chi connectivity index (χ1) is 15.3. The molecular formula is C25H30N2O5. The topological polar surface area (TPSA) is 79.3 Å². The summed E-state index contributed by atoms with van der Waals surface area (Å²) < 4.78 is 10.7. The van der Waals surface area contributed by atoms with Gasteiger partial charge >= 0.3 is 12.1 Å². The Bertz CT molecular complexity index is 929. The first-order valence-electron chi connectivity index (χ1n) is 10.5. The summed E-state index contributed by atoms with van der Waals surface area (Å²) in [6.07, 6.45) is -0.399. The Morgan fingerprint density at radius 3 is 2.12 bits per heavy atom. The highest BCUT2D eigenvalue weighted by atomic mass is 16.6. The molecular weight excluding hydrogens is 408 g/mol. The highest BCUT2D eigenvalue weighted by molar-refractivity contribution is 5.79. The molecule has 7 nitrogen and oxygen atoms in total. The molecule has 1 N–H and O–H groups in total. The molecule has 32 heavy (non-hydrogen) atoms. The molecule has 1 amide bonds. The quantitative estimate of drug-likeness (QED) is 0.368. The fourth-order valence-corrected chi connectivity index (χ4v) is 4.00. The van der Waals surface area contributed by atoms with E-state index >= 15 is 0 Å². The standard InChI is InChI=1S/C25H30N2O5/c1-5-14-31-23(28)15-22(24(29)26(2)3)27(4)25(30)32-16-21-19-12-8-6-10-17(19)18-11-7-9-13-20(18)21/h5-13,21-22,24,29H,1,14-16H2,2-4H3/t22-,24?/m0/s1. The van der Waals surface area contributed by atoms with Crippen LogP contribution in [-0.4, -0.2) is 73.6 Å². The van der Waals surface area contributed by atoms with E-state index in [1.165, 1.54) is 22.9 Å². The summed E-state index contributed by atoms with van der Waals surface area (Å²) in [5.41, 5.74) is 4.51. The number of hydrogen-bond acceptors (Lipinski definition) is 6. The molecule has 0 fully saturated rings. The molecule has 2 aromatic carbocycles. The third kappa shape index (κ3) is 5.00. The van der Waals surface area contributed by atoms with Crippen LogP contribution in [0.1, 0.15) is 23.5 Å². The zero-order valence-electron chi connectivity index (χ0n) is 18.7. The van der Waals surface area contributed by atoms with Crippen molar-refractivity contribution >= 4 is 12.1 Å². The second-order valence-electron chi connectivity index (χ2n) is 8.04. The lowest BCUT2D eigenvalue weighted by molar-refractivity contribution is -0.146. The molecule has 0 bridgehead atoms. The number of ether oxygens (including phenoxy) is 2. The number of carbonyl (C=O) groups is 2. The highest BCUT2D eigenvalue weighted by Gasteiger charge is 2.34. The third-order valence-corrected chi connectivity index (χ3v) is 5.73. The lowest BCUT2D eigenvalue weighted by Crippen LogP contribution is -2.51. The highest BCUT2D eigenvalue weighted by Crippen LogP contribution is 2.44. The van der Waals surface area contributed by atoms with Crippen LogP contribution in [0.3, 0.4) is 0 Å². The average Bonchev–Trinajstić information content (AvgIpc) is 3.12. The number of esters is 1. The summed E-state index contributed by atoms with van der Waals surface area (Å²) in [4.78, 5) is 27.8. The van der Waals surface area contributed by atoms with Gasteiger partial charge in [-0.2, -0.15) is 0 Å². The molecule has 2 aromatic rings. The maximum absolute atomic E-state index is 12.9. The third-order valence-electron chi connectivity index (χ3n) is 5.73. The van der Waals surface area contributed by atoms with Gasteiger partial charge in [-0.1, -0.05) is 61.2 Å². The molecule has 0 heterocycles. The zero-order chi connectivity index (χ0) is 23.3. The maximum atomic E-state index is 12.9. The van der Waals surface area contributed by atoms with Crippen LogP contribution in [0.5, 0.6) is 0 Å². The molecule has 7 heteroatoms. The number of nitrogens with zero attached hydrogens (tertiary/aromatic N) is 2. The van der Waals surface area contributed by atoms with Crippen LogP contribution in [0, 0.1) is 0 Å². The van der Waals surface area contributed by atoms with Gasteiger partial charge in [0.25, 0.3) is 0 Å². The van der Waals surface area contributed by atoms with Gasteiger partial charge in [0.2, 0.25) is 0 Å². The Kier molecular flexibility index (Phi) is 7.66. The number of carbonyl (C=O) groups excluding carboxylic acids is 2. The number of aliphatic hydroxyl groups is 1. The molecule has 0 spiro atoms. The van der Waals surface area contributed by atoms with E-state index in [1.807, 2.05) is 36.4 Å². The van der Waals surface area contributed by atoms with Gasteiger partial charge in [0.05, 0.1) is 12.5 Å². The Labute approximate surface area is 188 Å². The van der Waals surface area contributed by atoms with Crippen LogP contribution in [-0.2, 0) is 14.3 Å². The van der Waals surface area contributed by atoms with Gasteiger partial charge in [0.15, 0.2) is 0 Å². The van der Waals surface area contributed by atoms with Gasteiger partial charge in [0.1, 0.15) is 19.4 Å². The summed E-state index contributed by atoms with van der Waals surface area (Å²) in [6.45, 7) is 3.74. The van der Waals surface area contributed by atoms with Gasteiger partial charge in [-0.15, -0.1) is 0 Å². The number of rotatable bonds is 9. The van der Waals surface area contributed by atoms with Crippen molar-refractivity contribution in [1.82, 2.24) is 9.80 Å². The molecule has 0 saturated carbocycles. The van der Waals surface area contributed by atoms with Crippen molar-refractivity contribution in [2.45, 2.75) is 24.6 Å². The largest absolute Gasteiger partial charge is 0.461 e. The molecule has 1 aliphatic rings. The van der Waals surface area contributed by atoms with E-state index in [9.17, 15) is 14.7 Å². The fraction of sp³-hybridized carbons (Fsp3) is 0.360. The van der Waals surface area contributed by atoms with Gasteiger partial charge in [-0.25, -0.2) is 4.79 Å². The minimum Gasteiger partial charge on any atom is -0.461 e. The molecule has 0 radical (unpaired) electrons. The van der Waals surface area contributed by atoms with Crippen LogP contribution in [0.2, 0.25) is 0 Å². The van der Waals surface area contributed by atoms with Crippen molar-refractivity contribution in [2.24, 2.45) is 0 Å². The van der Waals surface area contributed by atoms with E-state index in [1.54, 1.807) is 14.1 Å². The number of hydrogen-bond donors (Lipinski definition) is 1. The van der Waals surface area contributed by atoms with Crippen molar-refractivity contribution in [1.29, 1.82) is 0 Å². The number of aliphatic hydroxyl groups excluding tert-OH is 1. The Morgan fingerprint density at radius 1 is 1.03 bits per heavy atom. The van der Waals surface area contributed by atoms with Gasteiger partial charge in [-0.05, 0) is 36.3 Å². The molecule has 1 aliphatic carbocycles. The molecule has 2 atom stereocenters. The van der Waals surface area contributed by atoms with E-state index in [2.05, 4.69) is 18.7 Å². The van der Waals surface area contributed by atoms with Gasteiger partial charge < -0.3 is 19.5 Å². The first kappa shape index (κ1) is 23.5. The predicted octanol–water partition coefficient (Wildman–Crippen LogP) is 3.24. The number of fused-ring (bicyclic) bond motifs is 3. The molecule has 0 aliphatic heterocycles. The number of benzene rings is 2. The predicted molar refractivity (Wildman–Crippen MR) is 122 cm³/mol. The van der Waals surface area contributed by atoms with Crippen molar-refractivity contribution in [3.05, 3.63) is 72.3 Å². The van der Waals surface area contributed by atoms with Crippen LogP contribution in [0.4, 0.5) is 4.79 Å². The second-order valence-corrected chi connectivity index (χ2v) is 8.04. The van der Waals surface area contributed by atoms with E-state index in [4.69, 9.17) is 9.47 Å². The summed E-state index contributed by atoms with van der Waals surface area (Å²) in [7, 11) is 4.84. The fourth-order valence-electron chi connectivity index (χ4n) is 4.00. The molecule has 3 rings (SSSR count). The van der Waals surface area contributed by atoms with E-state index in [0.29, 0.717) is 0 Å². The SMILES string of the molecule is C=CCOC(=O)C[C@@H](C(O)N(C)C)N(C)C(=O)OCC1c2ccccc2-c2ccccc21. The maximum Gasteiger partial charge on any atom is 0.409 e. The Morgan fingerprint density at radius 2 is 1.59 bits per heavy atom. The van der Waals surface area contributed by atoms with Gasteiger partial charge in [0, 0.05) is 13.0 Å². The first-order valence-corrected chi connectivity index (χ1v) is 10.5.